The average molecular weight is 510 g/mol. The van der Waals surface area contributed by atoms with Crippen molar-refractivity contribution in [2.45, 2.75) is 76.6 Å². The molecule has 6 unspecified atom stereocenters. The topological polar surface area (TPSA) is 72.5 Å². The smallest absolute Gasteiger partial charge is 0.229 e. The highest BCUT2D eigenvalue weighted by molar-refractivity contribution is 8.03. The Morgan fingerprint density at radius 3 is 2.58 bits per heavy atom. The number of nitrogens with zero attached hydrogens (tertiary/aromatic N) is 1. The summed E-state index contributed by atoms with van der Waals surface area (Å²) in [7, 11) is 1.80. The summed E-state index contributed by atoms with van der Waals surface area (Å²) in [5.41, 5.74) is 11.2. The van der Waals surface area contributed by atoms with Crippen molar-refractivity contribution >= 4 is 23.2 Å². The summed E-state index contributed by atoms with van der Waals surface area (Å²) in [5, 5.41) is 10.5. The fraction of sp³-hybridized carbons (Fsp3) is 0.633. The molecule has 0 radical (unpaired) electrons. The number of quaternary nitrogens is 1. The van der Waals surface area contributed by atoms with E-state index < -0.39 is 5.41 Å². The number of fused-ring (bicyclic) bond motifs is 1. The fourth-order valence-electron chi connectivity index (χ4n) is 9.48. The van der Waals surface area contributed by atoms with Crippen molar-refractivity contribution in [3.05, 3.63) is 46.0 Å². The van der Waals surface area contributed by atoms with Crippen molar-refractivity contribution in [2.75, 3.05) is 20.3 Å². The Morgan fingerprint density at radius 1 is 1.22 bits per heavy atom. The van der Waals surface area contributed by atoms with Gasteiger partial charge in [-0.25, -0.2) is 0 Å². The number of hydrogen-bond donors (Lipinski definition) is 2. The Labute approximate surface area is 219 Å². The molecule has 1 aromatic carbocycles. The van der Waals surface area contributed by atoms with Crippen LogP contribution in [0.15, 0.2) is 34.9 Å². The highest BCUT2D eigenvalue weighted by atomic mass is 32.2. The number of thioether (sulfide) groups is 1. The number of methoxy groups -OCH3 is 1. The fourth-order valence-corrected chi connectivity index (χ4v) is 11.1. The van der Waals surface area contributed by atoms with E-state index in [4.69, 9.17) is 10.5 Å². The maximum atomic E-state index is 13.5. The Kier molecular flexibility index (Phi) is 5.90. The first-order chi connectivity index (χ1) is 17.2. The third-order valence-electron chi connectivity index (χ3n) is 10.6. The van der Waals surface area contributed by atoms with Crippen molar-refractivity contribution in [3.63, 3.8) is 0 Å². The van der Waals surface area contributed by atoms with E-state index in [2.05, 4.69) is 32.9 Å². The molecule has 3 N–H and O–H groups in total. The number of benzene rings is 1. The molecule has 6 atom stereocenters. The van der Waals surface area contributed by atoms with Gasteiger partial charge in [0.05, 0.1) is 12.5 Å². The van der Waals surface area contributed by atoms with E-state index in [1.54, 1.807) is 7.11 Å². The SMILES string of the molecule is CCC1=CC(C2SC(C)=C(C)[N+]2(CCOC)C2C3CC4CC(C3)CC2(C(N)=O)C4)c2ccc(O)cc21. The largest absolute Gasteiger partial charge is 0.508 e. The zero-order chi connectivity index (χ0) is 25.4. The third kappa shape index (κ3) is 3.26. The Bertz CT molecular complexity index is 1140. The number of hydrogen-bond acceptors (Lipinski definition) is 4. The number of amides is 1. The summed E-state index contributed by atoms with van der Waals surface area (Å²) in [4.78, 5) is 14.9. The number of carbonyl (C=O) groups excluding carboxylic acids is 1. The van der Waals surface area contributed by atoms with Crippen molar-refractivity contribution in [2.24, 2.45) is 28.9 Å². The standard InChI is InChI=1S/C30H40N2O3S/c1-5-21-13-26(24-7-6-23(33)14-25(21)24)28-32(8-9-35-4,17(2)18(3)36-28)27-22-11-19-10-20(12-22)16-30(27,15-19)29(31)34/h6-7,13-14,19-20,22,26-28H,5,8-12,15-16H2,1-4H3,(H2-,31,33,34)/p+1. The quantitative estimate of drug-likeness (QED) is 0.459. The number of allylic oxidation sites excluding steroid dienone is 3. The molecule has 1 aliphatic heterocycles. The van der Waals surface area contributed by atoms with Crippen LogP contribution < -0.4 is 5.73 Å². The molecule has 1 heterocycles. The summed E-state index contributed by atoms with van der Waals surface area (Å²) >= 11 is 2.00. The number of rotatable bonds is 7. The molecule has 1 aromatic rings. The van der Waals surface area contributed by atoms with Crippen LogP contribution in [0.3, 0.4) is 0 Å². The van der Waals surface area contributed by atoms with Crippen LogP contribution in [-0.2, 0) is 9.53 Å². The van der Waals surface area contributed by atoms with E-state index in [1.165, 1.54) is 46.6 Å². The van der Waals surface area contributed by atoms with Gasteiger partial charge < -0.3 is 15.6 Å². The normalized spacial score (nSPS) is 40.6. The molecule has 6 heteroatoms. The summed E-state index contributed by atoms with van der Waals surface area (Å²) in [6.07, 6.45) is 9.07. The maximum Gasteiger partial charge on any atom is 0.229 e. The zero-order valence-electron chi connectivity index (χ0n) is 22.1. The molecule has 5 nitrogen and oxygen atoms in total. The first-order valence-electron chi connectivity index (χ1n) is 13.8. The van der Waals surface area contributed by atoms with Crippen LogP contribution in [0.25, 0.3) is 5.57 Å². The van der Waals surface area contributed by atoms with Gasteiger partial charge in [-0.2, -0.15) is 0 Å². The molecular weight excluding hydrogens is 468 g/mol. The number of aromatic hydroxyl groups is 1. The molecule has 0 spiro atoms. The first kappa shape index (κ1) is 24.6. The van der Waals surface area contributed by atoms with Gasteiger partial charge >= 0.3 is 0 Å². The van der Waals surface area contributed by atoms with Gasteiger partial charge in [0.1, 0.15) is 29.4 Å². The van der Waals surface area contributed by atoms with Crippen molar-refractivity contribution in [1.82, 2.24) is 0 Å². The van der Waals surface area contributed by atoms with E-state index >= 15 is 0 Å². The highest BCUT2D eigenvalue weighted by Crippen LogP contribution is 2.67. The molecule has 36 heavy (non-hydrogen) atoms. The first-order valence-corrected chi connectivity index (χ1v) is 14.7. The minimum Gasteiger partial charge on any atom is -0.508 e. The highest BCUT2D eigenvalue weighted by Gasteiger charge is 2.70. The number of carbonyl (C=O) groups is 1. The van der Waals surface area contributed by atoms with Crippen molar-refractivity contribution in [3.8, 4) is 5.75 Å². The monoisotopic (exact) mass is 509 g/mol. The van der Waals surface area contributed by atoms with Crippen LogP contribution in [0.4, 0.5) is 0 Å². The summed E-state index contributed by atoms with van der Waals surface area (Å²) in [5.74, 6) is 2.30. The number of nitrogens with two attached hydrogens (primary N) is 1. The molecule has 4 saturated carbocycles. The van der Waals surface area contributed by atoms with Crippen LogP contribution in [-0.4, -0.2) is 47.2 Å². The molecule has 7 rings (SSSR count). The second-order valence-corrected chi connectivity index (χ2v) is 13.5. The predicted octanol–water partition coefficient (Wildman–Crippen LogP) is 5.75. The van der Waals surface area contributed by atoms with Gasteiger partial charge in [0.2, 0.25) is 5.91 Å². The Morgan fingerprint density at radius 2 is 1.94 bits per heavy atom. The second kappa shape index (κ2) is 8.64. The molecule has 5 aliphatic carbocycles. The Hall–Kier alpha value is -1.76. The van der Waals surface area contributed by atoms with Gasteiger partial charge in [-0.05, 0) is 86.1 Å². The second-order valence-electron chi connectivity index (χ2n) is 12.2. The van der Waals surface area contributed by atoms with E-state index in [1.807, 2.05) is 23.9 Å². The molecular formula is C30H41N2O3S+. The van der Waals surface area contributed by atoms with Gasteiger partial charge in [-0.15, -0.1) is 0 Å². The average Bonchev–Trinajstić information content (AvgIpc) is 3.32. The molecule has 0 aromatic heterocycles. The number of phenols is 1. The van der Waals surface area contributed by atoms with E-state index in [0.29, 0.717) is 30.1 Å². The van der Waals surface area contributed by atoms with Crippen LogP contribution in [0.5, 0.6) is 5.75 Å². The van der Waals surface area contributed by atoms with Crippen LogP contribution in [0.2, 0.25) is 0 Å². The van der Waals surface area contributed by atoms with Crippen LogP contribution >= 0.6 is 11.8 Å². The van der Waals surface area contributed by atoms with Crippen molar-refractivity contribution in [1.29, 1.82) is 0 Å². The van der Waals surface area contributed by atoms with E-state index in [9.17, 15) is 9.90 Å². The lowest BCUT2D eigenvalue weighted by Crippen LogP contribution is -2.74. The number of phenolic OH excluding ortho intramolecular Hbond substituents is 1. The molecule has 1 amide bonds. The lowest BCUT2D eigenvalue weighted by Gasteiger charge is -2.65. The minimum absolute atomic E-state index is 0.0656. The van der Waals surface area contributed by atoms with E-state index in [-0.39, 0.29) is 23.2 Å². The molecule has 0 saturated heterocycles. The summed E-state index contributed by atoms with van der Waals surface area (Å²) in [6.45, 7) is 8.30. The third-order valence-corrected chi connectivity index (χ3v) is 12.2. The summed E-state index contributed by atoms with van der Waals surface area (Å²) in [6, 6.07) is 6.11. The van der Waals surface area contributed by atoms with Gasteiger partial charge in [-0.1, -0.05) is 30.8 Å². The predicted molar refractivity (Wildman–Crippen MR) is 145 cm³/mol. The van der Waals surface area contributed by atoms with Crippen molar-refractivity contribution < 1.29 is 19.1 Å². The number of primary amides is 1. The van der Waals surface area contributed by atoms with Gasteiger partial charge in [0.25, 0.3) is 0 Å². The zero-order valence-corrected chi connectivity index (χ0v) is 22.9. The van der Waals surface area contributed by atoms with Crippen LogP contribution in [0.1, 0.15) is 76.3 Å². The molecule has 6 aliphatic rings. The lowest BCUT2D eigenvalue weighted by molar-refractivity contribution is -0.937. The lowest BCUT2D eigenvalue weighted by atomic mass is 9.46. The van der Waals surface area contributed by atoms with Gasteiger partial charge in [0.15, 0.2) is 5.37 Å². The molecule has 4 bridgehead atoms. The van der Waals surface area contributed by atoms with Gasteiger partial charge in [0, 0.05) is 24.9 Å². The van der Waals surface area contributed by atoms with Crippen LogP contribution in [0, 0.1) is 23.2 Å². The molecule has 4 fully saturated rings. The van der Waals surface area contributed by atoms with E-state index in [0.717, 1.165) is 30.3 Å². The van der Waals surface area contributed by atoms with Gasteiger partial charge in [-0.3, -0.25) is 9.28 Å². The summed E-state index contributed by atoms with van der Waals surface area (Å²) < 4.78 is 6.59. The Balaban J connectivity index is 1.54. The number of ether oxygens (including phenoxy) is 1. The molecule has 194 valence electrons. The maximum absolute atomic E-state index is 13.5. The minimum atomic E-state index is -0.430.